The van der Waals surface area contributed by atoms with E-state index in [4.69, 9.17) is 0 Å². The van der Waals surface area contributed by atoms with E-state index in [-0.39, 0.29) is 18.9 Å². The van der Waals surface area contributed by atoms with Crippen molar-refractivity contribution in [1.82, 2.24) is 0 Å². The van der Waals surface area contributed by atoms with Crippen LogP contribution in [0, 0.1) is 10.4 Å². The van der Waals surface area contributed by atoms with Crippen molar-refractivity contribution in [2.75, 3.05) is 0 Å². The van der Waals surface area contributed by atoms with Gasteiger partial charge in [-0.1, -0.05) is 48.5 Å². The van der Waals surface area contributed by atoms with E-state index in [9.17, 15) is 5.11 Å². The summed E-state index contributed by atoms with van der Waals surface area (Å²) in [6.45, 7) is 0. The van der Waals surface area contributed by atoms with Crippen molar-refractivity contribution in [3.63, 3.8) is 0 Å². The predicted molar refractivity (Wildman–Crippen MR) is 67.4 cm³/mol. The number of hydrogen-bond donors (Lipinski definition) is 0. The fourth-order valence-corrected chi connectivity index (χ4v) is 1.92. The fourth-order valence-electron chi connectivity index (χ4n) is 1.92. The second-order valence-electron chi connectivity index (χ2n) is 3.99. The summed E-state index contributed by atoms with van der Waals surface area (Å²) in [7, 11) is 0. The maximum atomic E-state index is 10.7. The summed E-state index contributed by atoms with van der Waals surface area (Å²) in [5, 5.41) is 28.9. The predicted octanol–water partition coefficient (Wildman–Crippen LogP) is -2.03. The van der Waals surface area contributed by atoms with Crippen LogP contribution in [0.3, 0.4) is 0 Å². The molecule has 1 heterocycles. The van der Waals surface area contributed by atoms with Crippen molar-refractivity contribution in [3.05, 3.63) is 69.4 Å². The van der Waals surface area contributed by atoms with Gasteiger partial charge >= 0.3 is 18.9 Å². The molecule has 0 saturated heterocycles. The van der Waals surface area contributed by atoms with Gasteiger partial charge in [-0.05, 0) is 26.1 Å². The van der Waals surface area contributed by atoms with Crippen LogP contribution >= 0.6 is 0 Å². The van der Waals surface area contributed by atoms with E-state index in [2.05, 4.69) is 20.7 Å². The SMILES string of the molecule is [Li+].[O-]C=c1ccc(=c2ccccc2=C2N=NN=N2)cc1. The third-order valence-corrected chi connectivity index (χ3v) is 2.84. The Hall–Kier alpha value is -2.22. The molecule has 1 aliphatic heterocycles. The molecule has 92 valence electrons. The van der Waals surface area contributed by atoms with Gasteiger partial charge in [0.15, 0.2) is 0 Å². The van der Waals surface area contributed by atoms with E-state index in [1.165, 1.54) is 0 Å². The van der Waals surface area contributed by atoms with Crippen LogP contribution in [0.1, 0.15) is 0 Å². The van der Waals surface area contributed by atoms with Crippen LogP contribution in [-0.4, -0.2) is 0 Å². The largest absolute Gasteiger partial charge is 1.00 e. The molecule has 0 aliphatic carbocycles. The van der Waals surface area contributed by atoms with Gasteiger partial charge in [-0.15, -0.1) is 16.5 Å². The molecule has 2 aromatic carbocycles. The Bertz CT molecular complexity index is 853. The zero-order valence-corrected chi connectivity index (χ0v) is 10.9. The van der Waals surface area contributed by atoms with Gasteiger partial charge < -0.3 is 5.11 Å². The minimum atomic E-state index is 0. The average molecular weight is 256 g/mol. The third-order valence-electron chi connectivity index (χ3n) is 2.84. The van der Waals surface area contributed by atoms with Crippen LogP contribution in [0.25, 0.3) is 12.1 Å². The quantitative estimate of drug-likeness (QED) is 0.501. The topological polar surface area (TPSA) is 72.5 Å². The molecular formula is C14H9LiN4O. The number of rotatable bonds is 0. The van der Waals surface area contributed by atoms with Gasteiger partial charge in [0.1, 0.15) is 0 Å². The summed E-state index contributed by atoms with van der Waals surface area (Å²) in [5.41, 5.74) is 0. The molecule has 0 spiro atoms. The first-order valence-electron chi connectivity index (χ1n) is 5.72. The smallest absolute Gasteiger partial charge is 0.877 e. The standard InChI is InChI=1S/C14H10N4O.Li/c19-9-10-5-7-11(8-6-10)12-3-1-2-4-13(12)14-15-17-18-16-14;/h1-9,19H;/q;+1/p-1. The van der Waals surface area contributed by atoms with Crippen LogP contribution in [0.4, 0.5) is 0 Å². The van der Waals surface area contributed by atoms with Crippen molar-refractivity contribution in [1.29, 1.82) is 0 Å². The van der Waals surface area contributed by atoms with E-state index < -0.39 is 0 Å². The van der Waals surface area contributed by atoms with Crippen molar-refractivity contribution in [3.8, 4) is 0 Å². The van der Waals surface area contributed by atoms with E-state index in [1.54, 1.807) is 12.1 Å². The molecule has 0 radical (unpaired) electrons. The summed E-state index contributed by atoms with van der Waals surface area (Å²) in [4.78, 5) is 0. The first kappa shape index (κ1) is 14.2. The average Bonchev–Trinajstić information content (AvgIpc) is 3.01. The molecule has 0 aromatic heterocycles. The summed E-state index contributed by atoms with van der Waals surface area (Å²) < 4.78 is 0. The molecule has 0 unspecified atom stereocenters. The van der Waals surface area contributed by atoms with Crippen molar-refractivity contribution in [2.45, 2.75) is 0 Å². The first-order chi connectivity index (χ1) is 9.38. The molecule has 1 aliphatic rings. The van der Waals surface area contributed by atoms with Gasteiger partial charge in [0.25, 0.3) is 0 Å². The maximum absolute atomic E-state index is 10.7. The fraction of sp³-hybridized carbons (Fsp3) is 0. The molecule has 0 fully saturated rings. The van der Waals surface area contributed by atoms with Crippen molar-refractivity contribution in [2.24, 2.45) is 20.7 Å². The van der Waals surface area contributed by atoms with Gasteiger partial charge in [0.05, 0.1) is 0 Å². The molecule has 20 heavy (non-hydrogen) atoms. The number of nitrogens with zero attached hydrogens (tertiary/aromatic N) is 4. The van der Waals surface area contributed by atoms with E-state index in [0.717, 1.165) is 21.9 Å². The van der Waals surface area contributed by atoms with Gasteiger partial charge in [0, 0.05) is 5.22 Å². The Morgan fingerprint density at radius 1 is 0.800 bits per heavy atom. The maximum Gasteiger partial charge on any atom is 1.00 e. The third kappa shape index (κ3) is 2.69. The Labute approximate surface area is 126 Å². The molecule has 0 saturated carbocycles. The Balaban J connectivity index is 0.00000147. The zero-order valence-electron chi connectivity index (χ0n) is 10.9. The minimum absolute atomic E-state index is 0. The van der Waals surface area contributed by atoms with Crippen LogP contribution in [0.15, 0.2) is 69.2 Å². The summed E-state index contributed by atoms with van der Waals surface area (Å²) in [6, 6.07) is 15.1. The molecule has 0 N–H and O–H groups in total. The Morgan fingerprint density at radius 3 is 2.00 bits per heavy atom. The van der Waals surface area contributed by atoms with Gasteiger partial charge in [-0.25, -0.2) is 0 Å². The van der Waals surface area contributed by atoms with Crippen LogP contribution in [-0.2, 0) is 0 Å². The van der Waals surface area contributed by atoms with Gasteiger partial charge in [0.2, 0.25) is 5.82 Å². The molecule has 2 aromatic rings. The molecule has 5 nitrogen and oxygen atoms in total. The summed E-state index contributed by atoms with van der Waals surface area (Å²) in [5.74, 6) is 0.495. The minimum Gasteiger partial charge on any atom is -0.877 e. The van der Waals surface area contributed by atoms with Crippen LogP contribution in [0.5, 0.6) is 0 Å². The second kappa shape index (κ2) is 6.29. The number of hydrogen-bond acceptors (Lipinski definition) is 5. The molecule has 0 amide bonds. The van der Waals surface area contributed by atoms with Crippen LogP contribution < -0.4 is 34.4 Å². The summed E-state index contributed by atoms with van der Waals surface area (Å²) >= 11 is 0. The number of benzene rings is 2. The molecule has 0 bridgehead atoms. The Kier molecular flexibility index (Phi) is 4.46. The van der Waals surface area contributed by atoms with Gasteiger partial charge in [-0.2, -0.15) is 0 Å². The normalized spacial score (nSPS) is 12.3. The van der Waals surface area contributed by atoms with Crippen LogP contribution in [0.2, 0.25) is 0 Å². The zero-order chi connectivity index (χ0) is 13.1. The molecule has 0 atom stereocenters. The molecular weight excluding hydrogens is 247 g/mol. The first-order valence-corrected chi connectivity index (χ1v) is 5.72. The van der Waals surface area contributed by atoms with E-state index in [0.29, 0.717) is 11.0 Å². The molecule has 6 heteroatoms. The van der Waals surface area contributed by atoms with Crippen molar-refractivity contribution < 1.29 is 24.0 Å². The Morgan fingerprint density at radius 2 is 1.40 bits per heavy atom. The van der Waals surface area contributed by atoms with Gasteiger partial charge in [-0.3, -0.25) is 0 Å². The van der Waals surface area contributed by atoms with Crippen molar-refractivity contribution >= 4 is 12.1 Å². The van der Waals surface area contributed by atoms with E-state index in [1.807, 2.05) is 36.4 Å². The second-order valence-corrected chi connectivity index (χ2v) is 3.99. The summed E-state index contributed by atoms with van der Waals surface area (Å²) in [6.07, 6.45) is 0.823. The molecule has 3 rings (SSSR count). The van der Waals surface area contributed by atoms with E-state index >= 15 is 0 Å². The monoisotopic (exact) mass is 256 g/mol.